The number of hydrogen-bond acceptors (Lipinski definition) is 7. The first-order valence-corrected chi connectivity index (χ1v) is 10.4. The number of nitrogens with one attached hydrogen (secondary N) is 3. The van der Waals surface area contributed by atoms with E-state index in [0.717, 1.165) is 0 Å². The second kappa shape index (κ2) is 14.2. The molecule has 5 atom stereocenters. The molecule has 0 rings (SSSR count). The summed E-state index contributed by atoms with van der Waals surface area (Å²) in [6.45, 7) is 6.51. The van der Waals surface area contributed by atoms with E-state index in [2.05, 4.69) is 20.9 Å². The Balaban J connectivity index is 5.39. The summed E-state index contributed by atoms with van der Waals surface area (Å²) in [4.78, 5) is 52.6. The van der Waals surface area contributed by atoms with E-state index >= 15 is 0 Å². The Morgan fingerprint density at radius 3 is 1.91 bits per heavy atom. The number of amides is 3. The Labute approximate surface area is 187 Å². The number of guanidine groups is 1. The molecule has 3 amide bonds. The Morgan fingerprint density at radius 2 is 1.47 bits per heavy atom. The van der Waals surface area contributed by atoms with Crippen molar-refractivity contribution in [3.05, 3.63) is 0 Å². The number of aliphatic imine (C=N–C) groups is 1. The zero-order valence-electron chi connectivity index (χ0n) is 19.0. The lowest BCUT2D eigenvalue weighted by Crippen LogP contribution is -2.59. The summed E-state index contributed by atoms with van der Waals surface area (Å²) in [5.74, 6) is -3.57. The van der Waals surface area contributed by atoms with Crippen LogP contribution in [-0.4, -0.2) is 76.7 Å². The third-order valence-electron chi connectivity index (χ3n) is 4.38. The largest absolute Gasteiger partial charge is 0.480 e. The van der Waals surface area contributed by atoms with Crippen molar-refractivity contribution in [2.75, 3.05) is 6.54 Å². The van der Waals surface area contributed by atoms with Crippen LogP contribution in [0.5, 0.6) is 0 Å². The summed E-state index contributed by atoms with van der Waals surface area (Å²) in [7, 11) is 0. The van der Waals surface area contributed by atoms with Gasteiger partial charge < -0.3 is 43.4 Å². The molecular formula is C19H37N7O6. The summed E-state index contributed by atoms with van der Waals surface area (Å²) >= 11 is 0. The fourth-order valence-electron chi connectivity index (χ4n) is 2.69. The highest BCUT2D eigenvalue weighted by atomic mass is 16.4. The van der Waals surface area contributed by atoms with Crippen LogP contribution in [0.15, 0.2) is 4.99 Å². The molecule has 0 aromatic heterocycles. The summed E-state index contributed by atoms with van der Waals surface area (Å²) in [6.07, 6.45) is -0.713. The smallest absolute Gasteiger partial charge is 0.326 e. The molecule has 13 heteroatoms. The maximum Gasteiger partial charge on any atom is 0.326 e. The van der Waals surface area contributed by atoms with Gasteiger partial charge in [-0.15, -0.1) is 0 Å². The Bertz CT molecular complexity index is 677. The van der Waals surface area contributed by atoms with E-state index in [1.165, 1.54) is 13.8 Å². The molecule has 13 nitrogen and oxygen atoms in total. The summed E-state index contributed by atoms with van der Waals surface area (Å²) < 4.78 is 0. The molecule has 0 aliphatic heterocycles. The van der Waals surface area contributed by atoms with Crippen LogP contribution < -0.4 is 33.2 Å². The van der Waals surface area contributed by atoms with Crippen LogP contribution >= 0.6 is 0 Å². The first-order chi connectivity index (χ1) is 14.8. The molecule has 0 aliphatic rings. The standard InChI is InChI=1S/C19H37N7O6/c1-9(2)8-13(18(31)32)25-17(30)14(11(4)27)26-16(29)12(24-15(28)10(3)20)6-5-7-23-19(21)22/h9-14,27H,5-8,20H2,1-4H3,(H,24,28)(H,25,30)(H,26,29)(H,31,32)(H4,21,22,23). The van der Waals surface area contributed by atoms with Gasteiger partial charge in [0.05, 0.1) is 12.1 Å². The molecule has 0 heterocycles. The highest BCUT2D eigenvalue weighted by molar-refractivity contribution is 5.94. The summed E-state index contributed by atoms with van der Waals surface area (Å²) in [6, 6.07) is -4.59. The lowest BCUT2D eigenvalue weighted by Gasteiger charge is -2.26. The quantitative estimate of drug-likeness (QED) is 0.0768. The van der Waals surface area contributed by atoms with Crippen molar-refractivity contribution in [2.45, 2.75) is 77.2 Å². The first-order valence-electron chi connectivity index (χ1n) is 10.4. The van der Waals surface area contributed by atoms with Crippen LogP contribution in [0, 0.1) is 5.92 Å². The van der Waals surface area contributed by atoms with Crippen molar-refractivity contribution >= 4 is 29.7 Å². The van der Waals surface area contributed by atoms with Crippen molar-refractivity contribution in [3.63, 3.8) is 0 Å². The van der Waals surface area contributed by atoms with E-state index in [1.807, 2.05) is 0 Å². The van der Waals surface area contributed by atoms with Crippen LogP contribution in [-0.2, 0) is 19.2 Å². The number of aliphatic carboxylic acids is 1. The number of aliphatic hydroxyl groups is 1. The molecule has 0 fully saturated rings. The summed E-state index contributed by atoms with van der Waals surface area (Å²) in [5, 5.41) is 26.5. The highest BCUT2D eigenvalue weighted by Gasteiger charge is 2.32. The Kier molecular flexibility index (Phi) is 12.9. The fraction of sp³-hybridized carbons (Fsp3) is 0.737. The minimum absolute atomic E-state index is 0.0148. The van der Waals surface area contributed by atoms with Crippen molar-refractivity contribution in [1.82, 2.24) is 16.0 Å². The SMILES string of the molecule is CC(C)CC(NC(=O)C(NC(=O)C(CCCN=C(N)N)NC(=O)C(C)N)C(C)O)C(=O)O. The van der Waals surface area contributed by atoms with Crippen LogP contribution in [0.2, 0.25) is 0 Å². The van der Waals surface area contributed by atoms with Gasteiger partial charge in [-0.1, -0.05) is 13.8 Å². The molecule has 5 unspecified atom stereocenters. The number of nitrogens with two attached hydrogens (primary N) is 3. The molecule has 0 aliphatic carbocycles. The average Bonchev–Trinajstić information content (AvgIpc) is 2.66. The number of rotatable bonds is 14. The van der Waals surface area contributed by atoms with Gasteiger partial charge in [0.1, 0.15) is 18.1 Å². The molecule has 32 heavy (non-hydrogen) atoms. The molecule has 11 N–H and O–H groups in total. The number of aliphatic hydroxyl groups excluding tert-OH is 1. The monoisotopic (exact) mass is 459 g/mol. The molecular weight excluding hydrogens is 422 g/mol. The van der Waals surface area contributed by atoms with E-state index in [1.54, 1.807) is 13.8 Å². The van der Waals surface area contributed by atoms with E-state index < -0.39 is 54.0 Å². The van der Waals surface area contributed by atoms with Crippen LogP contribution in [0.25, 0.3) is 0 Å². The van der Waals surface area contributed by atoms with Gasteiger partial charge in [0.15, 0.2) is 5.96 Å². The van der Waals surface area contributed by atoms with Crippen molar-refractivity contribution in [3.8, 4) is 0 Å². The zero-order chi connectivity index (χ0) is 25.0. The van der Waals surface area contributed by atoms with E-state index in [9.17, 15) is 29.4 Å². The van der Waals surface area contributed by atoms with Gasteiger partial charge >= 0.3 is 5.97 Å². The second-order valence-corrected chi connectivity index (χ2v) is 8.05. The predicted molar refractivity (Wildman–Crippen MR) is 118 cm³/mol. The maximum absolute atomic E-state index is 12.8. The molecule has 0 aromatic carbocycles. The average molecular weight is 460 g/mol. The number of carbonyl (C=O) groups excluding carboxylic acids is 3. The fourth-order valence-corrected chi connectivity index (χ4v) is 2.69. The third kappa shape index (κ3) is 11.5. The number of carbonyl (C=O) groups is 4. The normalized spacial score (nSPS) is 15.6. The van der Waals surface area contributed by atoms with E-state index in [0.29, 0.717) is 6.42 Å². The molecule has 0 bridgehead atoms. The highest BCUT2D eigenvalue weighted by Crippen LogP contribution is 2.07. The Hall–Kier alpha value is -2.93. The van der Waals surface area contributed by atoms with Crippen LogP contribution in [0.3, 0.4) is 0 Å². The van der Waals surface area contributed by atoms with Crippen molar-refractivity contribution in [1.29, 1.82) is 0 Å². The molecule has 0 radical (unpaired) electrons. The van der Waals surface area contributed by atoms with Gasteiger partial charge in [0.25, 0.3) is 0 Å². The summed E-state index contributed by atoms with van der Waals surface area (Å²) in [5.41, 5.74) is 16.1. The minimum Gasteiger partial charge on any atom is -0.480 e. The Morgan fingerprint density at radius 1 is 0.906 bits per heavy atom. The van der Waals surface area contributed by atoms with Gasteiger partial charge in [-0.3, -0.25) is 19.4 Å². The predicted octanol–water partition coefficient (Wildman–Crippen LogP) is -2.65. The molecule has 0 aromatic rings. The zero-order valence-corrected chi connectivity index (χ0v) is 19.0. The van der Waals surface area contributed by atoms with Crippen LogP contribution in [0.4, 0.5) is 0 Å². The third-order valence-corrected chi connectivity index (χ3v) is 4.38. The van der Waals surface area contributed by atoms with Gasteiger partial charge in [0, 0.05) is 6.54 Å². The molecule has 184 valence electrons. The molecule has 0 saturated heterocycles. The van der Waals surface area contributed by atoms with Gasteiger partial charge in [-0.2, -0.15) is 0 Å². The van der Waals surface area contributed by atoms with Crippen LogP contribution in [0.1, 0.15) is 47.0 Å². The van der Waals surface area contributed by atoms with E-state index in [-0.39, 0.29) is 31.3 Å². The number of hydrogen-bond donors (Lipinski definition) is 8. The second-order valence-electron chi connectivity index (χ2n) is 8.05. The lowest BCUT2D eigenvalue weighted by molar-refractivity contribution is -0.143. The lowest BCUT2D eigenvalue weighted by atomic mass is 10.0. The van der Waals surface area contributed by atoms with E-state index in [4.69, 9.17) is 17.2 Å². The minimum atomic E-state index is -1.44. The van der Waals surface area contributed by atoms with Gasteiger partial charge in [-0.05, 0) is 39.0 Å². The topological polar surface area (TPSA) is 235 Å². The number of nitrogens with zero attached hydrogens (tertiary/aromatic N) is 1. The first kappa shape index (κ1) is 29.1. The maximum atomic E-state index is 12.8. The van der Waals surface area contributed by atoms with Gasteiger partial charge in [-0.25, -0.2) is 4.79 Å². The number of carboxylic acids is 1. The number of carboxylic acid groups (broad SMARTS) is 1. The van der Waals surface area contributed by atoms with Crippen molar-refractivity contribution in [2.24, 2.45) is 28.1 Å². The molecule has 0 saturated carbocycles. The molecule has 0 spiro atoms. The van der Waals surface area contributed by atoms with Gasteiger partial charge in [0.2, 0.25) is 17.7 Å². The van der Waals surface area contributed by atoms with Crippen molar-refractivity contribution < 1.29 is 29.4 Å².